The largest absolute Gasteiger partial charge is 0.376 e. The lowest BCUT2D eigenvalue weighted by Crippen LogP contribution is -2.29. The van der Waals surface area contributed by atoms with Gasteiger partial charge in [-0.3, -0.25) is 10.1 Å². The Morgan fingerprint density at radius 1 is 1.21 bits per heavy atom. The molecule has 1 N–H and O–H groups in total. The SMILES string of the molecule is O=[N+]([O-])c1cccc([C@@H]2Nc3c(Cl)cc(Cl)cc3[C@H]3C=CC[C@H]32)c1. The molecule has 3 atom stereocenters. The summed E-state index contributed by atoms with van der Waals surface area (Å²) >= 11 is 12.6. The van der Waals surface area contributed by atoms with Gasteiger partial charge >= 0.3 is 0 Å². The van der Waals surface area contributed by atoms with Gasteiger partial charge < -0.3 is 5.32 Å². The molecule has 0 fully saturated rings. The topological polar surface area (TPSA) is 55.2 Å². The summed E-state index contributed by atoms with van der Waals surface area (Å²) in [7, 11) is 0. The van der Waals surface area contributed by atoms with Gasteiger partial charge in [-0.05, 0) is 35.6 Å². The lowest BCUT2D eigenvalue weighted by molar-refractivity contribution is -0.384. The van der Waals surface area contributed by atoms with E-state index in [1.165, 1.54) is 6.07 Å². The van der Waals surface area contributed by atoms with Crippen LogP contribution in [0.1, 0.15) is 29.5 Å². The molecule has 6 heteroatoms. The summed E-state index contributed by atoms with van der Waals surface area (Å²) in [5.41, 5.74) is 2.96. The van der Waals surface area contributed by atoms with Crippen LogP contribution in [0.4, 0.5) is 11.4 Å². The van der Waals surface area contributed by atoms with Crippen LogP contribution in [0.5, 0.6) is 0 Å². The highest BCUT2D eigenvalue weighted by molar-refractivity contribution is 6.36. The van der Waals surface area contributed by atoms with Crippen molar-refractivity contribution in [2.45, 2.75) is 18.4 Å². The Morgan fingerprint density at radius 3 is 2.83 bits per heavy atom. The summed E-state index contributed by atoms with van der Waals surface area (Å²) in [6, 6.07) is 10.4. The molecule has 4 rings (SSSR count). The summed E-state index contributed by atoms with van der Waals surface area (Å²) in [4.78, 5) is 10.7. The van der Waals surface area contributed by atoms with Crippen molar-refractivity contribution in [1.29, 1.82) is 0 Å². The maximum Gasteiger partial charge on any atom is 0.269 e. The second-order valence-corrected chi connectivity index (χ2v) is 7.02. The predicted octanol–water partition coefficient (Wildman–Crippen LogP) is 5.73. The van der Waals surface area contributed by atoms with E-state index in [1.807, 2.05) is 12.1 Å². The maximum absolute atomic E-state index is 11.1. The number of nitrogens with one attached hydrogen (secondary N) is 1. The molecule has 4 nitrogen and oxygen atoms in total. The normalized spacial score (nSPS) is 24.2. The molecule has 122 valence electrons. The number of non-ortho nitro benzene ring substituents is 1. The van der Waals surface area contributed by atoms with E-state index >= 15 is 0 Å². The highest BCUT2D eigenvalue weighted by Gasteiger charge is 2.39. The van der Waals surface area contributed by atoms with E-state index in [0.717, 1.165) is 23.2 Å². The summed E-state index contributed by atoms with van der Waals surface area (Å²) in [5.74, 6) is 0.496. The smallest absolute Gasteiger partial charge is 0.269 e. The van der Waals surface area contributed by atoms with Crippen molar-refractivity contribution in [3.63, 3.8) is 0 Å². The molecule has 2 aromatic carbocycles. The van der Waals surface area contributed by atoms with E-state index in [1.54, 1.807) is 18.2 Å². The van der Waals surface area contributed by atoms with E-state index in [2.05, 4.69) is 17.5 Å². The van der Waals surface area contributed by atoms with Gasteiger partial charge in [0.2, 0.25) is 0 Å². The Morgan fingerprint density at radius 2 is 2.04 bits per heavy atom. The Hall–Kier alpha value is -2.04. The van der Waals surface area contributed by atoms with E-state index in [-0.39, 0.29) is 28.5 Å². The van der Waals surface area contributed by atoms with Crippen LogP contribution >= 0.6 is 23.2 Å². The Labute approximate surface area is 149 Å². The Bertz CT molecular complexity index is 866. The summed E-state index contributed by atoms with van der Waals surface area (Å²) in [6.07, 6.45) is 5.25. The molecule has 0 aromatic heterocycles. The molecule has 2 aromatic rings. The number of halogens is 2. The summed E-state index contributed by atoms with van der Waals surface area (Å²) in [5, 5.41) is 15.8. The van der Waals surface area contributed by atoms with Gasteiger partial charge in [-0.2, -0.15) is 0 Å². The quantitative estimate of drug-likeness (QED) is 0.422. The highest BCUT2D eigenvalue weighted by Crippen LogP contribution is 2.52. The number of fused-ring (bicyclic) bond motifs is 3. The van der Waals surface area contributed by atoms with Gasteiger partial charge in [-0.1, -0.05) is 47.5 Å². The predicted molar refractivity (Wildman–Crippen MR) is 95.9 cm³/mol. The van der Waals surface area contributed by atoms with Gasteiger partial charge in [0.1, 0.15) is 0 Å². The summed E-state index contributed by atoms with van der Waals surface area (Å²) < 4.78 is 0. The maximum atomic E-state index is 11.1. The van der Waals surface area contributed by atoms with E-state index < -0.39 is 0 Å². The lowest BCUT2D eigenvalue weighted by Gasteiger charge is -2.38. The van der Waals surface area contributed by atoms with Crippen LogP contribution in [-0.4, -0.2) is 4.92 Å². The van der Waals surface area contributed by atoms with Gasteiger partial charge in [-0.15, -0.1) is 0 Å². The average Bonchev–Trinajstić information content (AvgIpc) is 3.04. The number of nitro benzene ring substituents is 1. The third-order valence-corrected chi connectivity index (χ3v) is 5.34. The average molecular weight is 361 g/mol. The minimum atomic E-state index is -0.364. The third-order valence-electron chi connectivity index (χ3n) is 4.83. The second-order valence-electron chi connectivity index (χ2n) is 6.18. The fourth-order valence-electron chi connectivity index (χ4n) is 3.78. The fourth-order valence-corrected chi connectivity index (χ4v) is 4.35. The molecule has 0 saturated heterocycles. The number of nitro groups is 1. The monoisotopic (exact) mass is 360 g/mol. The molecule has 0 bridgehead atoms. The molecule has 0 radical (unpaired) electrons. The zero-order valence-corrected chi connectivity index (χ0v) is 14.1. The molecular formula is C18H14Cl2N2O2. The first-order valence-electron chi connectivity index (χ1n) is 7.71. The number of rotatable bonds is 2. The van der Waals surface area contributed by atoms with Gasteiger partial charge in [0.15, 0.2) is 0 Å². The highest BCUT2D eigenvalue weighted by atomic mass is 35.5. The number of hydrogen-bond donors (Lipinski definition) is 1. The Kier molecular flexibility index (Phi) is 3.74. The van der Waals surface area contributed by atoms with Crippen molar-refractivity contribution in [2.75, 3.05) is 5.32 Å². The lowest BCUT2D eigenvalue weighted by atomic mass is 9.77. The van der Waals surface area contributed by atoms with Gasteiger partial charge in [0, 0.05) is 23.1 Å². The van der Waals surface area contributed by atoms with Crippen molar-refractivity contribution >= 4 is 34.6 Å². The minimum absolute atomic E-state index is 0.0314. The molecule has 24 heavy (non-hydrogen) atoms. The van der Waals surface area contributed by atoms with E-state index in [4.69, 9.17) is 23.2 Å². The van der Waals surface area contributed by atoms with Gasteiger partial charge in [-0.25, -0.2) is 0 Å². The van der Waals surface area contributed by atoms with Crippen LogP contribution in [-0.2, 0) is 0 Å². The van der Waals surface area contributed by atoms with Crippen molar-refractivity contribution in [3.05, 3.63) is 79.8 Å². The number of benzene rings is 2. The number of nitrogens with zero attached hydrogens (tertiary/aromatic N) is 1. The molecule has 0 spiro atoms. The van der Waals surface area contributed by atoms with Crippen LogP contribution in [0.25, 0.3) is 0 Å². The van der Waals surface area contributed by atoms with Crippen LogP contribution in [0, 0.1) is 16.0 Å². The first kappa shape index (κ1) is 15.5. The van der Waals surface area contributed by atoms with Gasteiger partial charge in [0.25, 0.3) is 5.69 Å². The zero-order valence-electron chi connectivity index (χ0n) is 12.6. The van der Waals surface area contributed by atoms with Crippen LogP contribution in [0.15, 0.2) is 48.6 Å². The summed E-state index contributed by atoms with van der Waals surface area (Å²) in [6.45, 7) is 0. The zero-order chi connectivity index (χ0) is 16.8. The van der Waals surface area contributed by atoms with Crippen molar-refractivity contribution in [3.8, 4) is 0 Å². The molecular weight excluding hydrogens is 347 g/mol. The van der Waals surface area contributed by atoms with E-state index in [0.29, 0.717) is 10.0 Å². The molecule has 0 unspecified atom stereocenters. The first-order valence-corrected chi connectivity index (χ1v) is 8.46. The van der Waals surface area contributed by atoms with Crippen LogP contribution < -0.4 is 5.32 Å². The first-order chi connectivity index (χ1) is 11.5. The fraction of sp³-hybridized carbons (Fsp3) is 0.222. The number of hydrogen-bond acceptors (Lipinski definition) is 3. The molecule has 1 heterocycles. The number of allylic oxidation sites excluding steroid dienone is 2. The molecule has 1 aliphatic carbocycles. The third kappa shape index (κ3) is 2.46. The van der Waals surface area contributed by atoms with Crippen LogP contribution in [0.3, 0.4) is 0 Å². The molecule has 0 saturated carbocycles. The second kappa shape index (κ2) is 5.80. The minimum Gasteiger partial charge on any atom is -0.376 e. The van der Waals surface area contributed by atoms with Crippen molar-refractivity contribution in [1.82, 2.24) is 0 Å². The molecule has 2 aliphatic rings. The molecule has 0 amide bonds. The number of anilines is 1. The Balaban J connectivity index is 1.81. The molecule has 1 aliphatic heterocycles. The standard InChI is InChI=1S/C18H14Cl2N2O2/c19-11-8-15-13-5-2-6-14(13)17(21-18(15)16(20)9-11)10-3-1-4-12(7-10)22(23)24/h1-5,7-9,13-14,17,21H,6H2/t13-,14+,17-/m0/s1. The van der Waals surface area contributed by atoms with Crippen LogP contribution in [0.2, 0.25) is 10.0 Å². The van der Waals surface area contributed by atoms with E-state index in [9.17, 15) is 10.1 Å². The van der Waals surface area contributed by atoms with Gasteiger partial charge in [0.05, 0.1) is 21.7 Å². The van der Waals surface area contributed by atoms with Crippen molar-refractivity contribution < 1.29 is 4.92 Å². The van der Waals surface area contributed by atoms with Crippen molar-refractivity contribution in [2.24, 2.45) is 5.92 Å².